The van der Waals surface area contributed by atoms with Crippen molar-refractivity contribution in [1.29, 1.82) is 0 Å². The van der Waals surface area contributed by atoms with Gasteiger partial charge in [-0.2, -0.15) is 0 Å². The Bertz CT molecular complexity index is 717. The third kappa shape index (κ3) is 5.00. The lowest BCUT2D eigenvalue weighted by atomic mass is 10.2. The lowest BCUT2D eigenvalue weighted by molar-refractivity contribution is -0.384. The molecule has 6 nitrogen and oxygen atoms in total. The topological polar surface area (TPSA) is 92.5 Å². The van der Waals surface area contributed by atoms with Crippen LogP contribution in [0.25, 0.3) is 0 Å². The molecule has 2 rings (SSSR count). The number of phenols is 1. The molecule has 0 aliphatic heterocycles. The SMILES string of the molecule is Cc1ccc(CSCC(=O)Nc2cc([N+](=O)[O-])ccc2O)cc1. The number of benzene rings is 2. The fourth-order valence-electron chi connectivity index (χ4n) is 1.87. The van der Waals surface area contributed by atoms with E-state index in [4.69, 9.17) is 0 Å². The van der Waals surface area contributed by atoms with E-state index in [0.29, 0.717) is 5.75 Å². The number of amides is 1. The molecule has 2 aromatic carbocycles. The molecule has 7 heteroatoms. The second-order valence-corrected chi connectivity index (χ2v) is 5.97. The maximum Gasteiger partial charge on any atom is 0.271 e. The summed E-state index contributed by atoms with van der Waals surface area (Å²) in [6.07, 6.45) is 0. The number of hydrogen-bond acceptors (Lipinski definition) is 5. The Hall–Kier alpha value is -2.54. The molecule has 0 heterocycles. The highest BCUT2D eigenvalue weighted by Crippen LogP contribution is 2.28. The Morgan fingerprint density at radius 3 is 2.61 bits per heavy atom. The molecule has 0 saturated heterocycles. The van der Waals surface area contributed by atoms with Gasteiger partial charge in [0.25, 0.3) is 5.69 Å². The second kappa shape index (κ2) is 7.64. The summed E-state index contributed by atoms with van der Waals surface area (Å²) < 4.78 is 0. The van der Waals surface area contributed by atoms with Gasteiger partial charge in [-0.05, 0) is 18.6 Å². The summed E-state index contributed by atoms with van der Waals surface area (Å²) in [5.41, 5.74) is 2.15. The fourth-order valence-corrected chi connectivity index (χ4v) is 2.66. The van der Waals surface area contributed by atoms with Crippen LogP contribution in [-0.4, -0.2) is 21.7 Å². The molecule has 0 radical (unpaired) electrons. The summed E-state index contributed by atoms with van der Waals surface area (Å²) in [7, 11) is 0. The first-order chi connectivity index (χ1) is 11.0. The van der Waals surface area contributed by atoms with E-state index in [1.165, 1.54) is 29.5 Å². The lowest BCUT2D eigenvalue weighted by Gasteiger charge is -2.07. The highest BCUT2D eigenvalue weighted by atomic mass is 32.2. The molecule has 1 amide bonds. The zero-order chi connectivity index (χ0) is 16.8. The number of non-ortho nitro benzene ring substituents is 1. The molecule has 23 heavy (non-hydrogen) atoms. The van der Waals surface area contributed by atoms with E-state index >= 15 is 0 Å². The summed E-state index contributed by atoms with van der Waals surface area (Å²) in [6, 6.07) is 11.5. The van der Waals surface area contributed by atoms with Crippen LogP contribution in [0, 0.1) is 17.0 Å². The summed E-state index contributed by atoms with van der Waals surface area (Å²) in [5.74, 6) is 0.357. The molecule has 0 bridgehead atoms. The summed E-state index contributed by atoms with van der Waals surface area (Å²) >= 11 is 1.43. The van der Waals surface area contributed by atoms with E-state index in [0.717, 1.165) is 11.6 Å². The van der Waals surface area contributed by atoms with Crippen molar-refractivity contribution in [3.63, 3.8) is 0 Å². The molecular weight excluding hydrogens is 316 g/mol. The Morgan fingerprint density at radius 1 is 1.26 bits per heavy atom. The minimum Gasteiger partial charge on any atom is -0.506 e. The van der Waals surface area contributed by atoms with Gasteiger partial charge >= 0.3 is 0 Å². The molecule has 2 aromatic rings. The zero-order valence-electron chi connectivity index (χ0n) is 12.5. The summed E-state index contributed by atoms with van der Waals surface area (Å²) in [5, 5.41) is 22.8. The van der Waals surface area contributed by atoms with E-state index in [9.17, 15) is 20.0 Å². The number of nitro benzene ring substituents is 1. The second-order valence-electron chi connectivity index (χ2n) is 4.99. The maximum atomic E-state index is 11.9. The van der Waals surface area contributed by atoms with Crippen molar-refractivity contribution in [2.24, 2.45) is 0 Å². The molecule has 0 saturated carbocycles. The normalized spacial score (nSPS) is 10.3. The maximum absolute atomic E-state index is 11.9. The highest BCUT2D eigenvalue weighted by molar-refractivity contribution is 7.99. The van der Waals surface area contributed by atoms with Crippen molar-refractivity contribution in [3.05, 3.63) is 63.7 Å². The van der Waals surface area contributed by atoms with E-state index in [2.05, 4.69) is 5.32 Å². The molecule has 0 aliphatic rings. The predicted molar refractivity (Wildman–Crippen MR) is 90.7 cm³/mol. The number of carbonyl (C=O) groups excluding carboxylic acids is 1. The highest BCUT2D eigenvalue weighted by Gasteiger charge is 2.12. The summed E-state index contributed by atoms with van der Waals surface area (Å²) in [6.45, 7) is 2.01. The lowest BCUT2D eigenvalue weighted by Crippen LogP contribution is -2.14. The van der Waals surface area contributed by atoms with Crippen LogP contribution in [0.1, 0.15) is 11.1 Å². The minimum absolute atomic E-state index is 0.0418. The van der Waals surface area contributed by atoms with Gasteiger partial charge < -0.3 is 10.4 Å². The molecule has 0 aromatic heterocycles. The van der Waals surface area contributed by atoms with Crippen LogP contribution in [0.15, 0.2) is 42.5 Å². The number of aryl methyl sites for hydroxylation is 1. The molecule has 0 atom stereocenters. The van der Waals surface area contributed by atoms with Gasteiger partial charge in [-0.1, -0.05) is 29.8 Å². The predicted octanol–water partition coefficient (Wildman–Crippen LogP) is 3.48. The van der Waals surface area contributed by atoms with Gasteiger partial charge in [0.1, 0.15) is 5.75 Å². The van der Waals surface area contributed by atoms with Crippen LogP contribution in [0.2, 0.25) is 0 Å². The molecule has 120 valence electrons. The average molecular weight is 332 g/mol. The number of nitrogens with one attached hydrogen (secondary N) is 1. The smallest absolute Gasteiger partial charge is 0.271 e. The Morgan fingerprint density at radius 2 is 1.96 bits per heavy atom. The van der Waals surface area contributed by atoms with Crippen LogP contribution >= 0.6 is 11.8 Å². The van der Waals surface area contributed by atoms with Crippen LogP contribution < -0.4 is 5.32 Å². The number of phenolic OH excluding ortho intramolecular Hbond substituents is 1. The van der Waals surface area contributed by atoms with Gasteiger partial charge in [0.05, 0.1) is 16.4 Å². The van der Waals surface area contributed by atoms with Crippen molar-refractivity contribution < 1.29 is 14.8 Å². The standard InChI is InChI=1S/C16H16N2O4S/c1-11-2-4-12(5-3-11)9-23-10-16(20)17-14-8-13(18(21)22)6-7-15(14)19/h2-8,19H,9-10H2,1H3,(H,17,20). The Balaban J connectivity index is 1.88. The van der Waals surface area contributed by atoms with Crippen LogP contribution in [-0.2, 0) is 10.5 Å². The number of anilines is 1. The van der Waals surface area contributed by atoms with Gasteiger partial charge in [0, 0.05) is 17.9 Å². The van der Waals surface area contributed by atoms with Crippen molar-refractivity contribution in [1.82, 2.24) is 0 Å². The van der Waals surface area contributed by atoms with Crippen molar-refractivity contribution in [3.8, 4) is 5.75 Å². The summed E-state index contributed by atoms with van der Waals surface area (Å²) in [4.78, 5) is 22.0. The molecule has 0 spiro atoms. The Labute approximate surface area is 137 Å². The van der Waals surface area contributed by atoms with Gasteiger partial charge in [0.2, 0.25) is 5.91 Å². The molecule has 0 fully saturated rings. The van der Waals surface area contributed by atoms with E-state index < -0.39 is 4.92 Å². The van der Waals surface area contributed by atoms with Crippen molar-refractivity contribution >= 4 is 29.0 Å². The Kier molecular flexibility index (Phi) is 5.59. The van der Waals surface area contributed by atoms with E-state index in [-0.39, 0.29) is 28.8 Å². The van der Waals surface area contributed by atoms with Gasteiger partial charge in [-0.15, -0.1) is 11.8 Å². The monoisotopic (exact) mass is 332 g/mol. The van der Waals surface area contributed by atoms with Gasteiger partial charge in [-0.25, -0.2) is 0 Å². The minimum atomic E-state index is -0.582. The van der Waals surface area contributed by atoms with Crippen molar-refractivity contribution in [2.45, 2.75) is 12.7 Å². The molecule has 0 aliphatic carbocycles. The number of thioether (sulfide) groups is 1. The third-order valence-corrected chi connectivity index (χ3v) is 4.09. The molecule has 2 N–H and O–H groups in total. The largest absolute Gasteiger partial charge is 0.506 e. The number of hydrogen-bond donors (Lipinski definition) is 2. The first kappa shape index (κ1) is 16.8. The van der Waals surface area contributed by atoms with Crippen LogP contribution in [0.4, 0.5) is 11.4 Å². The first-order valence-electron chi connectivity index (χ1n) is 6.86. The number of rotatable bonds is 6. The number of nitro groups is 1. The average Bonchev–Trinajstić information content (AvgIpc) is 2.51. The van der Waals surface area contributed by atoms with Gasteiger partial charge in [0.15, 0.2) is 0 Å². The molecule has 0 unspecified atom stereocenters. The van der Waals surface area contributed by atoms with Crippen molar-refractivity contribution in [2.75, 3.05) is 11.1 Å². The quantitative estimate of drug-likeness (QED) is 0.480. The zero-order valence-corrected chi connectivity index (χ0v) is 13.3. The fraction of sp³-hybridized carbons (Fsp3) is 0.188. The van der Waals surface area contributed by atoms with Gasteiger partial charge in [-0.3, -0.25) is 14.9 Å². The number of nitrogens with zero attached hydrogens (tertiary/aromatic N) is 1. The molecular formula is C16H16N2O4S. The number of aromatic hydroxyl groups is 1. The van der Waals surface area contributed by atoms with Crippen LogP contribution in [0.5, 0.6) is 5.75 Å². The van der Waals surface area contributed by atoms with Crippen LogP contribution in [0.3, 0.4) is 0 Å². The first-order valence-corrected chi connectivity index (χ1v) is 8.02. The third-order valence-electron chi connectivity index (χ3n) is 3.09. The van der Waals surface area contributed by atoms with E-state index in [1.807, 2.05) is 31.2 Å². The van der Waals surface area contributed by atoms with E-state index in [1.54, 1.807) is 0 Å². The number of carbonyl (C=O) groups is 1.